The predicted octanol–water partition coefficient (Wildman–Crippen LogP) is 2.37. The summed E-state index contributed by atoms with van der Waals surface area (Å²) in [4.78, 5) is 19.4. The molecule has 1 aliphatic rings. The van der Waals surface area contributed by atoms with E-state index in [1.165, 1.54) is 21.3 Å². The number of halogens is 3. The minimum atomic E-state index is -4.71. The van der Waals surface area contributed by atoms with Gasteiger partial charge in [-0.05, 0) is 12.5 Å². The highest BCUT2D eigenvalue weighted by atomic mass is 19.4. The molecule has 152 valence electrons. The summed E-state index contributed by atoms with van der Waals surface area (Å²) in [6.45, 7) is 1.01. The number of hydrogen-bond acceptors (Lipinski definition) is 6. The second-order valence-corrected chi connectivity index (χ2v) is 6.29. The second kappa shape index (κ2) is 7.70. The fourth-order valence-electron chi connectivity index (χ4n) is 3.29. The Hall–Kier alpha value is -2.75. The molecule has 0 aliphatic carbocycles. The minimum Gasteiger partial charge on any atom is -0.493 e. The van der Waals surface area contributed by atoms with Crippen LogP contribution in [0.15, 0.2) is 16.9 Å². The molecule has 2 aromatic rings. The van der Waals surface area contributed by atoms with Crippen LogP contribution in [-0.4, -0.2) is 42.7 Å². The van der Waals surface area contributed by atoms with Crippen molar-refractivity contribution in [1.29, 1.82) is 0 Å². The maximum Gasteiger partial charge on any atom is 0.449 e. The molecule has 0 fully saturated rings. The zero-order valence-electron chi connectivity index (χ0n) is 15.6. The number of alkyl halides is 3. The molecule has 3 rings (SSSR count). The van der Waals surface area contributed by atoms with Crippen LogP contribution in [0.1, 0.15) is 22.6 Å². The number of nitrogens with zero attached hydrogens (tertiary/aromatic N) is 2. The lowest BCUT2D eigenvalue weighted by Crippen LogP contribution is -2.36. The van der Waals surface area contributed by atoms with Gasteiger partial charge in [0.2, 0.25) is 11.6 Å². The third-order valence-corrected chi connectivity index (χ3v) is 4.60. The van der Waals surface area contributed by atoms with Gasteiger partial charge in [-0.25, -0.2) is 4.98 Å². The predicted molar refractivity (Wildman–Crippen MR) is 93.8 cm³/mol. The molecule has 10 heteroatoms. The average Bonchev–Trinajstić information content (AvgIpc) is 2.66. The highest BCUT2D eigenvalue weighted by Gasteiger charge is 2.36. The minimum absolute atomic E-state index is 0.125. The number of hydrogen-bond donors (Lipinski definition) is 1. The molecule has 2 heterocycles. The number of ether oxygens (including phenoxy) is 3. The zero-order chi connectivity index (χ0) is 20.5. The Morgan fingerprint density at radius 2 is 1.86 bits per heavy atom. The van der Waals surface area contributed by atoms with E-state index < -0.39 is 17.6 Å². The maximum atomic E-state index is 12.9. The normalized spacial score (nSPS) is 14.5. The van der Waals surface area contributed by atoms with E-state index in [1.54, 1.807) is 6.07 Å². The first kappa shape index (κ1) is 20.0. The van der Waals surface area contributed by atoms with E-state index in [2.05, 4.69) is 4.98 Å². The van der Waals surface area contributed by atoms with Crippen molar-refractivity contribution in [2.45, 2.75) is 25.7 Å². The molecule has 1 N–H and O–H groups in total. The van der Waals surface area contributed by atoms with E-state index in [0.717, 1.165) is 5.56 Å². The zero-order valence-corrected chi connectivity index (χ0v) is 15.6. The van der Waals surface area contributed by atoms with Gasteiger partial charge in [0.15, 0.2) is 11.5 Å². The molecule has 0 atom stereocenters. The van der Waals surface area contributed by atoms with Crippen LogP contribution in [0.5, 0.6) is 17.2 Å². The monoisotopic (exact) mass is 399 g/mol. The topological polar surface area (TPSA) is 76.7 Å². The number of fused-ring (bicyclic) bond motifs is 1. The molecule has 1 aromatic carbocycles. The molecule has 0 radical (unpaired) electrons. The van der Waals surface area contributed by atoms with Crippen molar-refractivity contribution in [3.05, 3.63) is 45.1 Å². The van der Waals surface area contributed by atoms with Crippen molar-refractivity contribution < 1.29 is 27.4 Å². The fraction of sp³-hybridized carbons (Fsp3) is 0.444. The molecule has 28 heavy (non-hydrogen) atoms. The summed E-state index contributed by atoms with van der Waals surface area (Å²) >= 11 is 0. The molecular weight excluding hydrogens is 379 g/mol. The van der Waals surface area contributed by atoms with Crippen molar-refractivity contribution >= 4 is 0 Å². The second-order valence-electron chi connectivity index (χ2n) is 6.29. The van der Waals surface area contributed by atoms with Gasteiger partial charge in [0.05, 0.1) is 27.0 Å². The van der Waals surface area contributed by atoms with E-state index in [0.29, 0.717) is 42.3 Å². The number of benzene rings is 1. The van der Waals surface area contributed by atoms with Crippen LogP contribution < -0.4 is 19.8 Å². The molecule has 7 nitrogen and oxygen atoms in total. The lowest BCUT2D eigenvalue weighted by Gasteiger charge is -2.28. The van der Waals surface area contributed by atoms with Crippen LogP contribution in [0, 0.1) is 0 Å². The Labute approximate surface area is 159 Å². The van der Waals surface area contributed by atoms with Crippen LogP contribution in [0.3, 0.4) is 0 Å². The summed E-state index contributed by atoms with van der Waals surface area (Å²) in [7, 11) is 4.51. The number of rotatable bonds is 5. The van der Waals surface area contributed by atoms with Crippen LogP contribution >= 0.6 is 0 Å². The third kappa shape index (κ3) is 3.77. The largest absolute Gasteiger partial charge is 0.493 e. The van der Waals surface area contributed by atoms with Gasteiger partial charge >= 0.3 is 6.18 Å². The molecule has 1 aliphatic heterocycles. The van der Waals surface area contributed by atoms with Crippen molar-refractivity contribution in [1.82, 2.24) is 14.9 Å². The van der Waals surface area contributed by atoms with Gasteiger partial charge in [-0.15, -0.1) is 0 Å². The quantitative estimate of drug-likeness (QED) is 0.832. The van der Waals surface area contributed by atoms with Gasteiger partial charge < -0.3 is 19.2 Å². The SMILES string of the molecule is COc1ccc(CN2CCc3c(nc(C(F)(F)F)[nH]c3=O)C2)c(OC)c1OC. The molecule has 0 bridgehead atoms. The van der Waals surface area contributed by atoms with E-state index >= 15 is 0 Å². The summed E-state index contributed by atoms with van der Waals surface area (Å²) in [6.07, 6.45) is -4.39. The Bertz CT molecular complexity index is 928. The lowest BCUT2D eigenvalue weighted by molar-refractivity contribution is -0.145. The van der Waals surface area contributed by atoms with E-state index in [1.807, 2.05) is 16.0 Å². The molecule has 0 amide bonds. The first-order valence-electron chi connectivity index (χ1n) is 8.48. The summed E-state index contributed by atoms with van der Waals surface area (Å²) < 4.78 is 54.9. The van der Waals surface area contributed by atoms with Crippen LogP contribution in [0.2, 0.25) is 0 Å². The highest BCUT2D eigenvalue weighted by molar-refractivity contribution is 5.55. The number of H-pyrrole nitrogens is 1. The third-order valence-electron chi connectivity index (χ3n) is 4.60. The standard InChI is InChI=1S/C18H20F3N3O4/c1-26-13-5-4-10(14(27-2)15(13)28-3)8-24-7-6-11-12(9-24)22-17(18(19,20)21)23-16(11)25/h4-5H,6-9H2,1-3H3,(H,22,23,25). The van der Waals surface area contributed by atoms with Gasteiger partial charge in [-0.2, -0.15) is 13.2 Å². The first-order valence-corrected chi connectivity index (χ1v) is 8.48. The summed E-state index contributed by atoms with van der Waals surface area (Å²) in [5.74, 6) is 0.160. The Balaban J connectivity index is 1.89. The van der Waals surface area contributed by atoms with Gasteiger partial charge in [0.1, 0.15) is 0 Å². The van der Waals surface area contributed by atoms with E-state index in [9.17, 15) is 18.0 Å². The molecule has 0 saturated heterocycles. The summed E-state index contributed by atoms with van der Waals surface area (Å²) in [5.41, 5.74) is 0.482. The van der Waals surface area contributed by atoms with Gasteiger partial charge in [-0.3, -0.25) is 9.69 Å². The van der Waals surface area contributed by atoms with E-state index in [-0.39, 0.29) is 12.2 Å². The first-order chi connectivity index (χ1) is 13.3. The number of methoxy groups -OCH3 is 3. The van der Waals surface area contributed by atoms with E-state index in [4.69, 9.17) is 14.2 Å². The van der Waals surface area contributed by atoms with Crippen LogP contribution in [0.25, 0.3) is 0 Å². The molecule has 0 unspecified atom stereocenters. The number of aromatic nitrogens is 2. The van der Waals surface area contributed by atoms with Gasteiger partial charge in [0.25, 0.3) is 5.56 Å². The Kier molecular flexibility index (Phi) is 5.50. The summed E-state index contributed by atoms with van der Waals surface area (Å²) in [5, 5.41) is 0. The highest BCUT2D eigenvalue weighted by Crippen LogP contribution is 2.40. The summed E-state index contributed by atoms with van der Waals surface area (Å²) in [6, 6.07) is 3.54. The molecule has 0 spiro atoms. The Morgan fingerprint density at radius 1 is 1.14 bits per heavy atom. The molecule has 1 aromatic heterocycles. The van der Waals surface area contributed by atoms with Crippen LogP contribution in [0.4, 0.5) is 13.2 Å². The van der Waals surface area contributed by atoms with Crippen LogP contribution in [-0.2, 0) is 25.7 Å². The maximum absolute atomic E-state index is 12.9. The van der Waals surface area contributed by atoms with Gasteiger partial charge in [-0.1, -0.05) is 6.07 Å². The average molecular weight is 399 g/mol. The van der Waals surface area contributed by atoms with Crippen molar-refractivity contribution in [2.24, 2.45) is 0 Å². The fourth-order valence-corrected chi connectivity index (χ4v) is 3.29. The molecular formula is C18H20F3N3O4. The van der Waals surface area contributed by atoms with Crippen molar-refractivity contribution in [2.75, 3.05) is 27.9 Å². The number of nitrogens with one attached hydrogen (secondary N) is 1. The lowest BCUT2D eigenvalue weighted by atomic mass is 10.0. The van der Waals surface area contributed by atoms with Crippen molar-refractivity contribution in [3.8, 4) is 17.2 Å². The van der Waals surface area contributed by atoms with Gasteiger partial charge in [0, 0.05) is 30.8 Å². The number of aromatic amines is 1. The smallest absolute Gasteiger partial charge is 0.449 e. The van der Waals surface area contributed by atoms with Crippen molar-refractivity contribution in [3.63, 3.8) is 0 Å². The Morgan fingerprint density at radius 3 is 2.46 bits per heavy atom. The molecule has 0 saturated carbocycles.